The highest BCUT2D eigenvalue weighted by atomic mass is 16.4. The fourth-order valence-corrected chi connectivity index (χ4v) is 3.15. The number of hydrogen-bond donors (Lipinski definition) is 1. The van der Waals surface area contributed by atoms with Crippen molar-refractivity contribution < 1.29 is 14.3 Å². The molecule has 0 bridgehead atoms. The van der Waals surface area contributed by atoms with Crippen molar-refractivity contribution in [2.24, 2.45) is 11.3 Å². The second-order valence-corrected chi connectivity index (χ2v) is 7.04. The van der Waals surface area contributed by atoms with Gasteiger partial charge >= 0.3 is 5.97 Å². The SMILES string of the molecule is CC(C)(CC(=O)O)Cc1nnc(CCC2CCCCC2)o1. The summed E-state index contributed by atoms with van der Waals surface area (Å²) in [6.07, 6.45) is 9.31. The van der Waals surface area contributed by atoms with Crippen molar-refractivity contribution in [2.75, 3.05) is 0 Å². The van der Waals surface area contributed by atoms with Crippen LogP contribution in [0, 0.1) is 11.3 Å². The van der Waals surface area contributed by atoms with Crippen LogP contribution in [0.2, 0.25) is 0 Å². The fourth-order valence-electron chi connectivity index (χ4n) is 3.15. The molecule has 1 saturated carbocycles. The third kappa shape index (κ3) is 5.48. The number of carbonyl (C=O) groups is 1. The van der Waals surface area contributed by atoms with Gasteiger partial charge in [0.05, 0.1) is 6.42 Å². The molecular weight excluding hydrogens is 268 g/mol. The quantitative estimate of drug-likeness (QED) is 0.831. The van der Waals surface area contributed by atoms with E-state index in [1.807, 2.05) is 13.8 Å². The maximum Gasteiger partial charge on any atom is 0.303 e. The zero-order valence-corrected chi connectivity index (χ0v) is 13.1. The molecule has 0 aromatic carbocycles. The third-order valence-electron chi connectivity index (χ3n) is 4.26. The number of hydrogen-bond acceptors (Lipinski definition) is 4. The smallest absolute Gasteiger partial charge is 0.303 e. The van der Waals surface area contributed by atoms with E-state index in [0.29, 0.717) is 18.2 Å². The molecule has 1 aliphatic carbocycles. The average molecular weight is 294 g/mol. The molecular formula is C16H26N2O3. The third-order valence-corrected chi connectivity index (χ3v) is 4.26. The van der Waals surface area contributed by atoms with Gasteiger partial charge in [-0.2, -0.15) is 0 Å². The van der Waals surface area contributed by atoms with Crippen molar-refractivity contribution in [2.45, 2.75) is 71.6 Å². The van der Waals surface area contributed by atoms with Gasteiger partial charge in [-0.15, -0.1) is 10.2 Å². The molecule has 1 aromatic heterocycles. The zero-order valence-electron chi connectivity index (χ0n) is 13.1. The Kier molecular flexibility index (Phi) is 5.37. The van der Waals surface area contributed by atoms with Gasteiger partial charge in [-0.1, -0.05) is 46.0 Å². The lowest BCUT2D eigenvalue weighted by molar-refractivity contribution is -0.139. The molecule has 0 unspecified atom stereocenters. The summed E-state index contributed by atoms with van der Waals surface area (Å²) in [7, 11) is 0. The zero-order chi connectivity index (χ0) is 15.3. The van der Waals surface area contributed by atoms with Crippen LogP contribution < -0.4 is 0 Å². The summed E-state index contributed by atoms with van der Waals surface area (Å²) in [6.45, 7) is 3.82. The van der Waals surface area contributed by atoms with Gasteiger partial charge in [-0.05, 0) is 17.8 Å². The monoisotopic (exact) mass is 294 g/mol. The van der Waals surface area contributed by atoms with Crippen molar-refractivity contribution in [3.63, 3.8) is 0 Å². The van der Waals surface area contributed by atoms with Crippen molar-refractivity contribution in [1.29, 1.82) is 0 Å². The number of aliphatic carboxylic acids is 1. The highest BCUT2D eigenvalue weighted by Crippen LogP contribution is 2.28. The second kappa shape index (κ2) is 7.05. The number of carboxylic acids is 1. The molecule has 0 spiro atoms. The topological polar surface area (TPSA) is 76.2 Å². The molecule has 21 heavy (non-hydrogen) atoms. The van der Waals surface area contributed by atoms with Gasteiger partial charge in [-0.25, -0.2) is 0 Å². The minimum atomic E-state index is -0.794. The fraction of sp³-hybridized carbons (Fsp3) is 0.812. The van der Waals surface area contributed by atoms with Gasteiger partial charge in [0.15, 0.2) is 0 Å². The van der Waals surface area contributed by atoms with E-state index in [2.05, 4.69) is 10.2 Å². The second-order valence-electron chi connectivity index (χ2n) is 7.04. The Hall–Kier alpha value is -1.39. The molecule has 118 valence electrons. The molecule has 1 heterocycles. The Morgan fingerprint density at radius 1 is 1.24 bits per heavy atom. The summed E-state index contributed by atoms with van der Waals surface area (Å²) in [6, 6.07) is 0. The molecule has 0 amide bonds. The highest BCUT2D eigenvalue weighted by molar-refractivity contribution is 5.67. The van der Waals surface area contributed by atoms with Crippen LogP contribution in [0.3, 0.4) is 0 Å². The molecule has 0 saturated heterocycles. The Morgan fingerprint density at radius 2 is 1.90 bits per heavy atom. The Morgan fingerprint density at radius 3 is 2.57 bits per heavy atom. The first-order chi connectivity index (χ1) is 9.94. The predicted molar refractivity (Wildman–Crippen MR) is 78.9 cm³/mol. The van der Waals surface area contributed by atoms with Gasteiger partial charge in [0.1, 0.15) is 0 Å². The number of nitrogens with zero attached hydrogens (tertiary/aromatic N) is 2. The highest BCUT2D eigenvalue weighted by Gasteiger charge is 2.25. The van der Waals surface area contributed by atoms with Crippen LogP contribution in [0.25, 0.3) is 0 Å². The van der Waals surface area contributed by atoms with Crippen LogP contribution in [0.1, 0.15) is 70.6 Å². The molecule has 1 fully saturated rings. The molecule has 1 aliphatic rings. The first kappa shape index (κ1) is 16.0. The molecule has 2 rings (SSSR count). The number of carboxylic acid groups (broad SMARTS) is 1. The van der Waals surface area contributed by atoms with Gasteiger partial charge < -0.3 is 9.52 Å². The lowest BCUT2D eigenvalue weighted by atomic mass is 9.86. The standard InChI is InChI=1S/C16H26N2O3/c1-16(2,11-15(19)20)10-14-18-17-13(21-14)9-8-12-6-4-3-5-7-12/h12H,3-11H2,1-2H3,(H,19,20). The molecule has 0 atom stereocenters. The van der Waals surface area contributed by atoms with Crippen molar-refractivity contribution in [3.05, 3.63) is 11.8 Å². The van der Waals surface area contributed by atoms with E-state index in [1.165, 1.54) is 32.1 Å². The van der Waals surface area contributed by atoms with Crippen molar-refractivity contribution >= 4 is 5.97 Å². The van der Waals surface area contributed by atoms with E-state index >= 15 is 0 Å². The summed E-state index contributed by atoms with van der Waals surface area (Å²) in [4.78, 5) is 10.8. The molecule has 0 radical (unpaired) electrons. The largest absolute Gasteiger partial charge is 0.481 e. The summed E-state index contributed by atoms with van der Waals surface area (Å²) in [5.41, 5.74) is -0.362. The first-order valence-electron chi connectivity index (χ1n) is 7.98. The number of rotatable bonds is 7. The van der Waals surface area contributed by atoms with Gasteiger partial charge in [0.2, 0.25) is 11.8 Å². The first-order valence-corrected chi connectivity index (χ1v) is 7.98. The lowest BCUT2D eigenvalue weighted by Crippen LogP contribution is -2.19. The van der Waals surface area contributed by atoms with E-state index in [0.717, 1.165) is 18.8 Å². The van der Waals surface area contributed by atoms with E-state index in [-0.39, 0.29) is 11.8 Å². The van der Waals surface area contributed by atoms with Crippen LogP contribution in [0.15, 0.2) is 4.42 Å². The minimum Gasteiger partial charge on any atom is -0.481 e. The molecule has 0 aliphatic heterocycles. The van der Waals surface area contributed by atoms with E-state index in [9.17, 15) is 4.79 Å². The van der Waals surface area contributed by atoms with Crippen LogP contribution in [-0.2, 0) is 17.6 Å². The summed E-state index contributed by atoms with van der Waals surface area (Å²) >= 11 is 0. The Bertz CT molecular complexity index is 462. The average Bonchev–Trinajstić information content (AvgIpc) is 2.82. The van der Waals surface area contributed by atoms with Gasteiger partial charge in [0, 0.05) is 12.8 Å². The van der Waals surface area contributed by atoms with Crippen molar-refractivity contribution in [1.82, 2.24) is 10.2 Å². The van der Waals surface area contributed by atoms with Crippen LogP contribution in [0.5, 0.6) is 0 Å². The molecule has 1 N–H and O–H groups in total. The lowest BCUT2D eigenvalue weighted by Gasteiger charge is -2.20. The minimum absolute atomic E-state index is 0.104. The summed E-state index contributed by atoms with van der Waals surface area (Å²) in [5, 5.41) is 17.1. The van der Waals surface area contributed by atoms with Gasteiger partial charge in [0.25, 0.3) is 0 Å². The van der Waals surface area contributed by atoms with E-state index < -0.39 is 5.97 Å². The summed E-state index contributed by atoms with van der Waals surface area (Å²) in [5.74, 6) is 1.26. The maximum absolute atomic E-state index is 10.8. The maximum atomic E-state index is 10.8. The number of aromatic nitrogens is 2. The normalized spacial score (nSPS) is 17.0. The predicted octanol–water partition coefficient (Wildman–Crippen LogP) is 3.63. The van der Waals surface area contributed by atoms with Gasteiger partial charge in [-0.3, -0.25) is 4.79 Å². The number of aryl methyl sites for hydroxylation is 1. The Balaban J connectivity index is 1.81. The Labute approximate surface area is 126 Å². The van der Waals surface area contributed by atoms with Crippen LogP contribution in [0.4, 0.5) is 0 Å². The molecule has 5 nitrogen and oxygen atoms in total. The molecule has 5 heteroatoms. The molecule has 1 aromatic rings. The van der Waals surface area contributed by atoms with Crippen molar-refractivity contribution in [3.8, 4) is 0 Å². The van der Waals surface area contributed by atoms with E-state index in [1.54, 1.807) is 0 Å². The van der Waals surface area contributed by atoms with E-state index in [4.69, 9.17) is 9.52 Å². The van der Waals surface area contributed by atoms with Crippen LogP contribution in [-0.4, -0.2) is 21.3 Å². The summed E-state index contributed by atoms with van der Waals surface area (Å²) < 4.78 is 5.68. The van der Waals surface area contributed by atoms with Crippen LogP contribution >= 0.6 is 0 Å².